The van der Waals surface area contributed by atoms with Crippen LogP contribution in [0.15, 0.2) is 17.5 Å². The van der Waals surface area contributed by atoms with Gasteiger partial charge in [0, 0.05) is 6.42 Å². The van der Waals surface area contributed by atoms with Crippen LogP contribution in [0.25, 0.3) is 0 Å². The lowest BCUT2D eigenvalue weighted by Gasteiger charge is -2.18. The molecule has 0 aromatic carbocycles. The van der Waals surface area contributed by atoms with E-state index in [2.05, 4.69) is 23.9 Å². The molecule has 1 atom stereocenters. The smallest absolute Gasteiger partial charge is 0.305 e. The summed E-state index contributed by atoms with van der Waals surface area (Å²) in [5.41, 5.74) is 0. The van der Waals surface area contributed by atoms with Crippen molar-refractivity contribution in [1.29, 1.82) is 0 Å². The Morgan fingerprint density at radius 3 is 2.68 bits per heavy atom. The average molecular weight is 283 g/mol. The van der Waals surface area contributed by atoms with Gasteiger partial charge in [-0.2, -0.15) is 0 Å². The summed E-state index contributed by atoms with van der Waals surface area (Å²) in [6.45, 7) is 4.92. The number of hydrogen-bond acceptors (Lipinski definition) is 5. The van der Waals surface area contributed by atoms with Gasteiger partial charge in [-0.1, -0.05) is 19.9 Å². The Bertz CT molecular complexity index is 401. The molecule has 5 heteroatoms. The second-order valence-corrected chi connectivity index (χ2v) is 5.76. The molecular formula is C14H21NO3S. The van der Waals surface area contributed by atoms with Gasteiger partial charge >= 0.3 is 5.97 Å². The maximum absolute atomic E-state index is 12.3. The van der Waals surface area contributed by atoms with Crippen molar-refractivity contribution in [2.24, 2.45) is 5.92 Å². The van der Waals surface area contributed by atoms with Crippen LogP contribution >= 0.6 is 11.3 Å². The summed E-state index contributed by atoms with van der Waals surface area (Å²) in [5, 5.41) is 5.12. The highest BCUT2D eigenvalue weighted by molar-refractivity contribution is 7.12. The number of ether oxygens (including phenoxy) is 1. The third kappa shape index (κ3) is 5.53. The first-order chi connectivity index (χ1) is 9.04. The summed E-state index contributed by atoms with van der Waals surface area (Å²) in [6.07, 6.45) is 0.722. The predicted octanol–water partition coefficient (Wildman–Crippen LogP) is 2.50. The van der Waals surface area contributed by atoms with Crippen LogP contribution in [-0.4, -0.2) is 31.4 Å². The number of methoxy groups -OCH3 is 1. The molecule has 0 saturated heterocycles. The van der Waals surface area contributed by atoms with E-state index in [-0.39, 0.29) is 24.2 Å². The predicted molar refractivity (Wildman–Crippen MR) is 76.5 cm³/mol. The number of ketones is 1. The summed E-state index contributed by atoms with van der Waals surface area (Å²) in [7, 11) is 1.36. The van der Waals surface area contributed by atoms with Crippen molar-refractivity contribution >= 4 is 23.1 Å². The van der Waals surface area contributed by atoms with Gasteiger partial charge in [-0.15, -0.1) is 11.3 Å². The van der Waals surface area contributed by atoms with Gasteiger partial charge < -0.3 is 10.1 Å². The van der Waals surface area contributed by atoms with E-state index >= 15 is 0 Å². The van der Waals surface area contributed by atoms with E-state index in [4.69, 9.17) is 0 Å². The van der Waals surface area contributed by atoms with Gasteiger partial charge in [0.25, 0.3) is 0 Å². The highest BCUT2D eigenvalue weighted by Crippen LogP contribution is 2.14. The molecule has 106 valence electrons. The number of Topliss-reactive ketones (excluding diaryl/α,β-unsaturated/α-hetero) is 1. The third-order valence-electron chi connectivity index (χ3n) is 2.72. The maximum atomic E-state index is 12.3. The van der Waals surface area contributed by atoms with E-state index in [0.29, 0.717) is 12.3 Å². The monoisotopic (exact) mass is 283 g/mol. The van der Waals surface area contributed by atoms with E-state index in [1.54, 1.807) is 0 Å². The Morgan fingerprint density at radius 2 is 2.16 bits per heavy atom. The molecule has 0 aliphatic heterocycles. The fourth-order valence-corrected chi connectivity index (χ4v) is 2.38. The topological polar surface area (TPSA) is 55.4 Å². The van der Waals surface area contributed by atoms with Gasteiger partial charge in [-0.05, 0) is 30.3 Å². The van der Waals surface area contributed by atoms with Gasteiger partial charge in [-0.3, -0.25) is 9.59 Å². The first kappa shape index (κ1) is 15.9. The summed E-state index contributed by atoms with van der Waals surface area (Å²) in [5.74, 6) is 0.228. The third-order valence-corrected chi connectivity index (χ3v) is 3.60. The molecule has 0 amide bonds. The molecule has 1 N–H and O–H groups in total. The molecule has 0 aliphatic rings. The summed E-state index contributed by atoms with van der Waals surface area (Å²) >= 11 is 1.43. The average Bonchev–Trinajstić information content (AvgIpc) is 2.91. The molecule has 0 aliphatic carbocycles. The summed E-state index contributed by atoms with van der Waals surface area (Å²) < 4.78 is 4.62. The molecule has 1 aromatic heterocycles. The van der Waals surface area contributed by atoms with Crippen molar-refractivity contribution in [3.05, 3.63) is 22.4 Å². The van der Waals surface area contributed by atoms with E-state index in [1.807, 2.05) is 17.5 Å². The Kier molecular flexibility index (Phi) is 6.73. The van der Waals surface area contributed by atoms with E-state index in [9.17, 15) is 9.59 Å². The highest BCUT2D eigenvalue weighted by atomic mass is 32.1. The standard InChI is InChI=1S/C14H21NO3S/c1-10(2)9-15-11(6-7-13(16)18-3)14(17)12-5-4-8-19-12/h4-5,8,10-11,15H,6-7,9H2,1-3H3. The normalized spacial score (nSPS) is 12.4. The minimum absolute atomic E-state index is 0.0551. The zero-order valence-corrected chi connectivity index (χ0v) is 12.5. The molecule has 4 nitrogen and oxygen atoms in total. The second kappa shape index (κ2) is 8.07. The van der Waals surface area contributed by atoms with Crippen molar-refractivity contribution in [3.8, 4) is 0 Å². The number of carbonyl (C=O) groups is 2. The molecule has 0 saturated carbocycles. The van der Waals surface area contributed by atoms with Gasteiger partial charge in [0.1, 0.15) is 0 Å². The van der Waals surface area contributed by atoms with Gasteiger partial charge in [0.05, 0.1) is 18.0 Å². The number of rotatable bonds is 8. The van der Waals surface area contributed by atoms with Gasteiger partial charge in [0.2, 0.25) is 0 Å². The number of carbonyl (C=O) groups excluding carboxylic acids is 2. The Hall–Kier alpha value is -1.20. The largest absolute Gasteiger partial charge is 0.469 e. The lowest BCUT2D eigenvalue weighted by atomic mass is 10.0. The molecule has 0 bridgehead atoms. The Labute approximate surface area is 118 Å². The molecule has 0 fully saturated rings. The van der Waals surface area contributed by atoms with Crippen molar-refractivity contribution < 1.29 is 14.3 Å². The molecule has 19 heavy (non-hydrogen) atoms. The molecule has 0 radical (unpaired) electrons. The fraction of sp³-hybridized carbons (Fsp3) is 0.571. The van der Waals surface area contributed by atoms with Crippen molar-refractivity contribution in [2.45, 2.75) is 32.7 Å². The second-order valence-electron chi connectivity index (χ2n) is 4.81. The Morgan fingerprint density at radius 1 is 1.42 bits per heavy atom. The van der Waals surface area contributed by atoms with Crippen molar-refractivity contribution in [2.75, 3.05) is 13.7 Å². The van der Waals surface area contributed by atoms with Crippen LogP contribution in [0, 0.1) is 5.92 Å². The lowest BCUT2D eigenvalue weighted by molar-refractivity contribution is -0.140. The van der Waals surface area contributed by atoms with Crippen LogP contribution in [0.4, 0.5) is 0 Å². The number of esters is 1. The minimum atomic E-state index is -0.319. The first-order valence-corrected chi connectivity index (χ1v) is 7.30. The van der Waals surface area contributed by atoms with Crippen LogP contribution in [0.1, 0.15) is 36.4 Å². The van der Waals surface area contributed by atoms with Crippen molar-refractivity contribution in [1.82, 2.24) is 5.32 Å². The zero-order chi connectivity index (χ0) is 14.3. The van der Waals surface area contributed by atoms with Crippen LogP contribution in [0.3, 0.4) is 0 Å². The molecule has 1 rings (SSSR count). The highest BCUT2D eigenvalue weighted by Gasteiger charge is 2.21. The summed E-state index contributed by atoms with van der Waals surface area (Å²) in [4.78, 5) is 24.2. The van der Waals surface area contributed by atoms with Crippen LogP contribution < -0.4 is 5.32 Å². The number of nitrogens with one attached hydrogen (secondary N) is 1. The summed E-state index contributed by atoms with van der Waals surface area (Å²) in [6, 6.07) is 3.35. The molecule has 1 heterocycles. The Balaban J connectivity index is 2.62. The van der Waals surface area contributed by atoms with Gasteiger partial charge in [-0.25, -0.2) is 0 Å². The van der Waals surface area contributed by atoms with E-state index < -0.39 is 0 Å². The number of thiophene rings is 1. The molecule has 0 spiro atoms. The SMILES string of the molecule is COC(=O)CCC(NCC(C)C)C(=O)c1cccs1. The maximum Gasteiger partial charge on any atom is 0.305 e. The van der Waals surface area contributed by atoms with Gasteiger partial charge in [0.15, 0.2) is 5.78 Å². The van der Waals surface area contributed by atoms with Crippen LogP contribution in [0.2, 0.25) is 0 Å². The van der Waals surface area contributed by atoms with E-state index in [0.717, 1.165) is 11.4 Å². The first-order valence-electron chi connectivity index (χ1n) is 6.42. The number of hydrogen-bond donors (Lipinski definition) is 1. The van der Waals surface area contributed by atoms with Crippen molar-refractivity contribution in [3.63, 3.8) is 0 Å². The zero-order valence-electron chi connectivity index (χ0n) is 11.6. The van der Waals surface area contributed by atoms with Crippen LogP contribution in [-0.2, 0) is 9.53 Å². The minimum Gasteiger partial charge on any atom is -0.469 e. The lowest BCUT2D eigenvalue weighted by Crippen LogP contribution is -2.39. The fourth-order valence-electron chi connectivity index (χ4n) is 1.66. The molecular weight excluding hydrogens is 262 g/mol. The van der Waals surface area contributed by atoms with E-state index in [1.165, 1.54) is 18.4 Å². The molecule has 1 unspecified atom stereocenters. The quantitative estimate of drug-likeness (QED) is 0.588. The molecule has 1 aromatic rings. The van der Waals surface area contributed by atoms with Crippen LogP contribution in [0.5, 0.6) is 0 Å².